The van der Waals surface area contributed by atoms with Crippen molar-refractivity contribution in [3.05, 3.63) is 41.8 Å². The second kappa shape index (κ2) is 5.34. The number of amides is 1. The lowest BCUT2D eigenvalue weighted by atomic mass is 9.85. The molecular formula is C16H17FN4O2. The summed E-state index contributed by atoms with van der Waals surface area (Å²) >= 11 is 0. The summed E-state index contributed by atoms with van der Waals surface area (Å²) in [6.45, 7) is 1.06. The molecule has 0 bridgehead atoms. The van der Waals surface area contributed by atoms with E-state index in [0.29, 0.717) is 24.7 Å². The van der Waals surface area contributed by atoms with Crippen LogP contribution in [-0.4, -0.2) is 41.2 Å². The van der Waals surface area contributed by atoms with Crippen LogP contribution in [0.25, 0.3) is 0 Å². The number of aromatic amines is 1. The van der Waals surface area contributed by atoms with Crippen LogP contribution in [-0.2, 0) is 4.79 Å². The number of hydrogen-bond donors (Lipinski definition) is 2. The molecule has 3 atom stereocenters. The van der Waals surface area contributed by atoms with Gasteiger partial charge in [0.1, 0.15) is 17.4 Å². The number of nitrogens with one attached hydrogen (secondary N) is 2. The first kappa shape index (κ1) is 14.2. The average molecular weight is 316 g/mol. The van der Waals surface area contributed by atoms with Crippen molar-refractivity contribution in [1.82, 2.24) is 15.1 Å². The minimum absolute atomic E-state index is 0.00257. The zero-order valence-electron chi connectivity index (χ0n) is 12.6. The molecule has 7 heteroatoms. The number of aromatic nitrogens is 2. The van der Waals surface area contributed by atoms with Gasteiger partial charge in [0.05, 0.1) is 18.7 Å². The van der Waals surface area contributed by atoms with Crippen molar-refractivity contribution >= 4 is 11.7 Å². The normalized spacial score (nSPS) is 26.3. The minimum Gasteiger partial charge on any atom is -0.493 e. The Morgan fingerprint density at radius 3 is 3.13 bits per heavy atom. The fourth-order valence-electron chi connectivity index (χ4n) is 3.68. The number of benzene rings is 1. The Labute approximate surface area is 132 Å². The number of carbonyl (C=O) groups is 1. The third-order valence-electron chi connectivity index (χ3n) is 4.70. The van der Waals surface area contributed by atoms with Crippen LogP contribution in [0, 0.1) is 17.7 Å². The molecule has 1 fully saturated rings. The summed E-state index contributed by atoms with van der Waals surface area (Å²) < 4.78 is 19.4. The highest BCUT2D eigenvalue weighted by atomic mass is 19.1. The Balaban J connectivity index is 1.61. The molecule has 1 aromatic heterocycles. The van der Waals surface area contributed by atoms with Crippen molar-refractivity contribution in [2.45, 2.75) is 6.04 Å². The van der Waals surface area contributed by atoms with Crippen molar-refractivity contribution in [3.63, 3.8) is 0 Å². The van der Waals surface area contributed by atoms with E-state index in [0.717, 1.165) is 5.56 Å². The van der Waals surface area contributed by atoms with Crippen LogP contribution in [0.3, 0.4) is 0 Å². The second-order valence-corrected chi connectivity index (χ2v) is 6.11. The van der Waals surface area contributed by atoms with Gasteiger partial charge in [-0.25, -0.2) is 4.39 Å². The quantitative estimate of drug-likeness (QED) is 0.886. The Kier molecular flexibility index (Phi) is 3.30. The predicted molar refractivity (Wildman–Crippen MR) is 81.5 cm³/mol. The van der Waals surface area contributed by atoms with Crippen LogP contribution in [0.4, 0.5) is 10.2 Å². The number of hydrogen-bond acceptors (Lipinski definition) is 4. The number of carbonyl (C=O) groups excluding carboxylic acids is 1. The molecule has 0 unspecified atom stereocenters. The summed E-state index contributed by atoms with van der Waals surface area (Å²) in [5, 5.41) is 9.38. The van der Waals surface area contributed by atoms with Gasteiger partial charge >= 0.3 is 0 Å². The standard InChI is InChI=1S/C16H17FN4O2/c1-21-7-11(16(22)19-14-4-5-18-20-14)12-8-23-13-3-2-9(17)6-10(13)15(12)21/h2-6,11-12,15H,7-8H2,1H3,(H2,18,19,20,22)/t11-,12+,15+/m1/s1. The van der Waals surface area contributed by atoms with Gasteiger partial charge in [0.2, 0.25) is 5.91 Å². The van der Waals surface area contributed by atoms with Crippen molar-refractivity contribution in [1.29, 1.82) is 0 Å². The first-order valence-electron chi connectivity index (χ1n) is 7.56. The number of halogens is 1. The number of rotatable bonds is 2. The van der Waals surface area contributed by atoms with Crippen LogP contribution in [0.1, 0.15) is 11.6 Å². The molecule has 1 saturated heterocycles. The number of ether oxygens (including phenoxy) is 1. The molecule has 0 spiro atoms. The zero-order valence-corrected chi connectivity index (χ0v) is 12.6. The van der Waals surface area contributed by atoms with Crippen LogP contribution >= 0.6 is 0 Å². The molecule has 2 aliphatic rings. The number of likely N-dealkylation sites (tertiary alicyclic amines) is 1. The van der Waals surface area contributed by atoms with Crippen molar-refractivity contribution in [2.24, 2.45) is 11.8 Å². The van der Waals surface area contributed by atoms with Gasteiger partial charge < -0.3 is 10.1 Å². The van der Waals surface area contributed by atoms with Crippen molar-refractivity contribution < 1.29 is 13.9 Å². The molecule has 120 valence electrons. The number of nitrogens with zero attached hydrogens (tertiary/aromatic N) is 2. The zero-order chi connectivity index (χ0) is 16.0. The lowest BCUT2D eigenvalue weighted by Gasteiger charge is -2.33. The highest BCUT2D eigenvalue weighted by Crippen LogP contribution is 2.46. The SMILES string of the molecule is CN1C[C@@H](C(=O)Nc2ccn[nH]2)[C@@H]2COc3ccc(F)cc3[C@@H]21. The van der Waals surface area contributed by atoms with Gasteiger partial charge in [-0.15, -0.1) is 0 Å². The van der Waals surface area contributed by atoms with E-state index in [2.05, 4.69) is 20.4 Å². The second-order valence-electron chi connectivity index (χ2n) is 6.11. The molecule has 1 aromatic carbocycles. The Morgan fingerprint density at radius 1 is 1.48 bits per heavy atom. The summed E-state index contributed by atoms with van der Waals surface area (Å²) in [7, 11) is 1.96. The third-order valence-corrected chi connectivity index (χ3v) is 4.70. The van der Waals surface area contributed by atoms with Gasteiger partial charge in [0.25, 0.3) is 0 Å². The maximum absolute atomic E-state index is 13.6. The molecule has 0 saturated carbocycles. The maximum Gasteiger partial charge on any atom is 0.230 e. The van der Waals surface area contributed by atoms with E-state index < -0.39 is 0 Å². The summed E-state index contributed by atoms with van der Waals surface area (Å²) in [5.74, 6) is 0.698. The first-order chi connectivity index (χ1) is 11.1. The highest BCUT2D eigenvalue weighted by molar-refractivity contribution is 5.92. The molecule has 2 N–H and O–H groups in total. The van der Waals surface area contributed by atoms with Gasteiger partial charge in [0.15, 0.2) is 0 Å². The topological polar surface area (TPSA) is 70.2 Å². The largest absolute Gasteiger partial charge is 0.493 e. The molecule has 3 heterocycles. The Bertz CT molecular complexity index is 734. The van der Waals surface area contributed by atoms with Crippen LogP contribution < -0.4 is 10.1 Å². The molecule has 23 heavy (non-hydrogen) atoms. The molecule has 4 rings (SSSR count). The lowest BCUT2D eigenvalue weighted by molar-refractivity contribution is -0.121. The molecule has 2 aromatic rings. The molecule has 6 nitrogen and oxygen atoms in total. The molecule has 2 aliphatic heterocycles. The smallest absolute Gasteiger partial charge is 0.230 e. The number of fused-ring (bicyclic) bond motifs is 3. The molecule has 0 radical (unpaired) electrons. The van der Waals surface area contributed by atoms with E-state index in [-0.39, 0.29) is 29.6 Å². The molecule has 1 amide bonds. The van der Waals surface area contributed by atoms with Gasteiger partial charge in [-0.1, -0.05) is 0 Å². The van der Waals surface area contributed by atoms with Crippen molar-refractivity contribution in [3.8, 4) is 5.75 Å². The fraction of sp³-hybridized carbons (Fsp3) is 0.375. The molecular weight excluding hydrogens is 299 g/mol. The number of H-pyrrole nitrogens is 1. The fourth-order valence-corrected chi connectivity index (χ4v) is 3.68. The van der Waals surface area contributed by atoms with Crippen LogP contribution in [0.5, 0.6) is 5.75 Å². The van der Waals surface area contributed by atoms with Crippen LogP contribution in [0.15, 0.2) is 30.5 Å². The lowest BCUT2D eigenvalue weighted by Crippen LogP contribution is -2.34. The maximum atomic E-state index is 13.6. The number of anilines is 1. The summed E-state index contributed by atoms with van der Waals surface area (Å²) in [5.41, 5.74) is 0.820. The van der Waals surface area contributed by atoms with Gasteiger partial charge in [-0.05, 0) is 25.2 Å². The summed E-state index contributed by atoms with van der Waals surface area (Å²) in [6, 6.07) is 6.27. The van der Waals surface area contributed by atoms with Crippen molar-refractivity contribution in [2.75, 3.05) is 25.5 Å². The molecule has 0 aliphatic carbocycles. The van der Waals surface area contributed by atoms with Gasteiger partial charge in [-0.2, -0.15) is 5.10 Å². The predicted octanol–water partition coefficient (Wildman–Crippen LogP) is 1.80. The van der Waals surface area contributed by atoms with E-state index >= 15 is 0 Å². The first-order valence-corrected chi connectivity index (χ1v) is 7.56. The van der Waals surface area contributed by atoms with Gasteiger partial charge in [0, 0.05) is 30.1 Å². The summed E-state index contributed by atoms with van der Waals surface area (Å²) in [4.78, 5) is 14.7. The average Bonchev–Trinajstić information content (AvgIpc) is 3.15. The third kappa shape index (κ3) is 2.37. The van der Waals surface area contributed by atoms with Crippen LogP contribution in [0.2, 0.25) is 0 Å². The van der Waals surface area contributed by atoms with E-state index in [4.69, 9.17) is 4.74 Å². The summed E-state index contributed by atoms with van der Waals surface area (Å²) in [6.07, 6.45) is 1.59. The van der Waals surface area contributed by atoms with E-state index in [9.17, 15) is 9.18 Å². The van der Waals surface area contributed by atoms with E-state index in [1.165, 1.54) is 12.1 Å². The van der Waals surface area contributed by atoms with E-state index in [1.54, 1.807) is 18.3 Å². The minimum atomic E-state index is -0.285. The van der Waals surface area contributed by atoms with E-state index in [1.807, 2.05) is 7.05 Å². The Hall–Kier alpha value is -2.41. The highest BCUT2D eigenvalue weighted by Gasteiger charge is 2.47. The van der Waals surface area contributed by atoms with Gasteiger partial charge in [-0.3, -0.25) is 14.8 Å². The monoisotopic (exact) mass is 316 g/mol. The Morgan fingerprint density at radius 2 is 2.35 bits per heavy atom.